The summed E-state index contributed by atoms with van der Waals surface area (Å²) in [5.41, 5.74) is 1.49. The van der Waals surface area contributed by atoms with Gasteiger partial charge in [0.25, 0.3) is 0 Å². The third kappa shape index (κ3) is 3.23. The van der Waals surface area contributed by atoms with Crippen LogP contribution in [0.15, 0.2) is 72.8 Å². The van der Waals surface area contributed by atoms with E-state index in [0.29, 0.717) is 12.8 Å². The SMILES string of the molecule is O=C(O)[C@@H]1CC=CC[C@H]1C(=O)N(c1ccccc1)c1ccccc1. The molecule has 1 N–H and O–H groups in total. The summed E-state index contributed by atoms with van der Waals surface area (Å²) in [4.78, 5) is 26.4. The normalized spacial score (nSPS) is 19.7. The maximum absolute atomic E-state index is 13.2. The molecule has 4 nitrogen and oxygen atoms in total. The summed E-state index contributed by atoms with van der Waals surface area (Å²) in [5, 5.41) is 9.48. The number of hydrogen-bond donors (Lipinski definition) is 1. The number of carbonyl (C=O) groups is 2. The number of anilines is 2. The molecular formula is C20H19NO3. The molecule has 0 aromatic heterocycles. The Morgan fingerprint density at radius 3 is 1.71 bits per heavy atom. The molecule has 0 aliphatic heterocycles. The Bertz CT molecular complexity index is 700. The van der Waals surface area contributed by atoms with Crippen molar-refractivity contribution in [2.45, 2.75) is 12.8 Å². The van der Waals surface area contributed by atoms with E-state index in [1.54, 1.807) is 4.90 Å². The van der Waals surface area contributed by atoms with Gasteiger partial charge in [-0.05, 0) is 37.1 Å². The molecular weight excluding hydrogens is 302 g/mol. The lowest BCUT2D eigenvalue weighted by Gasteiger charge is -2.31. The molecule has 4 heteroatoms. The summed E-state index contributed by atoms with van der Waals surface area (Å²) in [5.74, 6) is -2.34. The van der Waals surface area contributed by atoms with E-state index in [4.69, 9.17) is 0 Å². The van der Waals surface area contributed by atoms with Gasteiger partial charge in [0, 0.05) is 11.4 Å². The summed E-state index contributed by atoms with van der Waals surface area (Å²) in [6.07, 6.45) is 4.59. The van der Waals surface area contributed by atoms with Crippen LogP contribution in [0.2, 0.25) is 0 Å². The van der Waals surface area contributed by atoms with E-state index in [2.05, 4.69) is 0 Å². The van der Waals surface area contributed by atoms with E-state index < -0.39 is 17.8 Å². The summed E-state index contributed by atoms with van der Waals surface area (Å²) < 4.78 is 0. The summed E-state index contributed by atoms with van der Waals surface area (Å²) in [7, 11) is 0. The van der Waals surface area contributed by atoms with Gasteiger partial charge >= 0.3 is 5.97 Å². The fourth-order valence-corrected chi connectivity index (χ4v) is 3.08. The maximum Gasteiger partial charge on any atom is 0.307 e. The molecule has 0 unspecified atom stereocenters. The van der Waals surface area contributed by atoms with Crippen molar-refractivity contribution in [3.05, 3.63) is 72.8 Å². The van der Waals surface area contributed by atoms with E-state index in [9.17, 15) is 14.7 Å². The Morgan fingerprint density at radius 1 is 0.792 bits per heavy atom. The van der Waals surface area contributed by atoms with Crippen LogP contribution in [0.3, 0.4) is 0 Å². The molecule has 0 saturated carbocycles. The van der Waals surface area contributed by atoms with Crippen molar-refractivity contribution in [3.8, 4) is 0 Å². The molecule has 122 valence electrons. The predicted octanol–water partition coefficient (Wildman–Crippen LogP) is 4.02. The second-order valence-electron chi connectivity index (χ2n) is 5.84. The molecule has 24 heavy (non-hydrogen) atoms. The van der Waals surface area contributed by atoms with Crippen LogP contribution in [-0.2, 0) is 9.59 Å². The van der Waals surface area contributed by atoms with Crippen molar-refractivity contribution in [1.29, 1.82) is 0 Å². The minimum absolute atomic E-state index is 0.177. The van der Waals surface area contributed by atoms with Crippen molar-refractivity contribution in [2.75, 3.05) is 4.90 Å². The average Bonchev–Trinajstić information content (AvgIpc) is 2.63. The van der Waals surface area contributed by atoms with Crippen LogP contribution >= 0.6 is 0 Å². The summed E-state index contributed by atoms with van der Waals surface area (Å²) in [6.45, 7) is 0. The lowest BCUT2D eigenvalue weighted by atomic mass is 9.82. The molecule has 3 rings (SSSR count). The zero-order valence-electron chi connectivity index (χ0n) is 13.2. The number of amides is 1. The molecule has 0 radical (unpaired) electrons. The smallest absolute Gasteiger partial charge is 0.307 e. The Morgan fingerprint density at radius 2 is 1.25 bits per heavy atom. The maximum atomic E-state index is 13.2. The molecule has 0 spiro atoms. The fourth-order valence-electron chi connectivity index (χ4n) is 3.08. The number of aliphatic carboxylic acids is 1. The van der Waals surface area contributed by atoms with Crippen LogP contribution in [0.4, 0.5) is 11.4 Å². The second-order valence-corrected chi connectivity index (χ2v) is 5.84. The highest BCUT2D eigenvalue weighted by Gasteiger charge is 2.37. The van der Waals surface area contributed by atoms with Gasteiger partial charge in [-0.3, -0.25) is 14.5 Å². The lowest BCUT2D eigenvalue weighted by Crippen LogP contribution is -2.39. The highest BCUT2D eigenvalue weighted by atomic mass is 16.4. The van der Waals surface area contributed by atoms with Crippen molar-refractivity contribution >= 4 is 23.3 Å². The average molecular weight is 321 g/mol. The first-order chi connectivity index (χ1) is 11.7. The second kappa shape index (κ2) is 7.13. The number of hydrogen-bond acceptors (Lipinski definition) is 2. The standard InChI is InChI=1S/C20H19NO3/c22-19(17-13-7-8-14-18(17)20(23)24)21(15-9-3-1-4-10-15)16-11-5-2-6-12-16/h1-12,17-18H,13-14H2,(H,23,24)/t17-,18-/m1/s1. The predicted molar refractivity (Wildman–Crippen MR) is 93.0 cm³/mol. The van der Waals surface area contributed by atoms with Crippen LogP contribution in [0.1, 0.15) is 12.8 Å². The van der Waals surface area contributed by atoms with Gasteiger partial charge in [-0.25, -0.2) is 0 Å². The number of carbonyl (C=O) groups excluding carboxylic acids is 1. The number of benzene rings is 2. The fraction of sp³-hybridized carbons (Fsp3) is 0.200. The first kappa shape index (κ1) is 16.0. The van der Waals surface area contributed by atoms with Crippen molar-refractivity contribution in [2.24, 2.45) is 11.8 Å². The Kier molecular flexibility index (Phi) is 4.75. The molecule has 2 atom stereocenters. The Labute approximate surface area is 141 Å². The van der Waals surface area contributed by atoms with Crippen LogP contribution in [-0.4, -0.2) is 17.0 Å². The number of rotatable bonds is 4. The Hall–Kier alpha value is -2.88. The van der Waals surface area contributed by atoms with Gasteiger partial charge in [-0.15, -0.1) is 0 Å². The summed E-state index contributed by atoms with van der Waals surface area (Å²) >= 11 is 0. The molecule has 1 aliphatic carbocycles. The lowest BCUT2D eigenvalue weighted by molar-refractivity contribution is -0.146. The minimum atomic E-state index is -0.918. The highest BCUT2D eigenvalue weighted by molar-refractivity contribution is 6.03. The first-order valence-electron chi connectivity index (χ1n) is 8.00. The molecule has 0 fully saturated rings. The topological polar surface area (TPSA) is 57.6 Å². The zero-order valence-corrected chi connectivity index (χ0v) is 13.2. The van der Waals surface area contributed by atoms with Crippen LogP contribution in [0, 0.1) is 11.8 Å². The summed E-state index contributed by atoms with van der Waals surface area (Å²) in [6, 6.07) is 18.7. The van der Waals surface area contributed by atoms with Gasteiger partial charge in [0.1, 0.15) is 0 Å². The third-order valence-electron chi connectivity index (χ3n) is 4.32. The quantitative estimate of drug-likeness (QED) is 0.865. The van der Waals surface area contributed by atoms with Gasteiger partial charge in [0.15, 0.2) is 0 Å². The van der Waals surface area contributed by atoms with Crippen molar-refractivity contribution in [3.63, 3.8) is 0 Å². The molecule has 0 bridgehead atoms. The Balaban J connectivity index is 2.01. The monoisotopic (exact) mass is 321 g/mol. The largest absolute Gasteiger partial charge is 0.481 e. The van der Waals surface area contributed by atoms with Gasteiger partial charge in [-0.1, -0.05) is 48.6 Å². The van der Waals surface area contributed by atoms with Crippen LogP contribution in [0.25, 0.3) is 0 Å². The number of para-hydroxylation sites is 2. The van der Waals surface area contributed by atoms with Crippen molar-refractivity contribution < 1.29 is 14.7 Å². The molecule has 1 amide bonds. The van der Waals surface area contributed by atoms with Crippen molar-refractivity contribution in [1.82, 2.24) is 0 Å². The zero-order chi connectivity index (χ0) is 16.9. The molecule has 0 saturated heterocycles. The van der Waals surface area contributed by atoms with Crippen LogP contribution < -0.4 is 4.90 Å². The number of nitrogens with zero attached hydrogens (tertiary/aromatic N) is 1. The molecule has 0 heterocycles. The highest BCUT2D eigenvalue weighted by Crippen LogP contribution is 2.33. The van der Waals surface area contributed by atoms with E-state index in [0.717, 1.165) is 11.4 Å². The molecule has 2 aromatic carbocycles. The van der Waals surface area contributed by atoms with Gasteiger partial charge in [0.2, 0.25) is 5.91 Å². The van der Waals surface area contributed by atoms with E-state index in [1.807, 2.05) is 72.8 Å². The minimum Gasteiger partial charge on any atom is -0.481 e. The molecule has 2 aromatic rings. The first-order valence-corrected chi connectivity index (χ1v) is 8.00. The number of carboxylic acids is 1. The van der Waals surface area contributed by atoms with Gasteiger partial charge in [0.05, 0.1) is 11.8 Å². The van der Waals surface area contributed by atoms with E-state index >= 15 is 0 Å². The number of allylic oxidation sites excluding steroid dienone is 2. The van der Waals surface area contributed by atoms with Crippen LogP contribution in [0.5, 0.6) is 0 Å². The number of carboxylic acid groups (broad SMARTS) is 1. The van der Waals surface area contributed by atoms with Gasteiger partial charge in [-0.2, -0.15) is 0 Å². The molecule has 1 aliphatic rings. The van der Waals surface area contributed by atoms with E-state index in [1.165, 1.54) is 0 Å². The third-order valence-corrected chi connectivity index (χ3v) is 4.32. The van der Waals surface area contributed by atoms with Gasteiger partial charge < -0.3 is 5.11 Å². The van der Waals surface area contributed by atoms with E-state index in [-0.39, 0.29) is 5.91 Å².